The van der Waals surface area contributed by atoms with Crippen molar-refractivity contribution >= 4 is 12.2 Å². The Kier molecular flexibility index (Phi) is 3.60. The van der Waals surface area contributed by atoms with Gasteiger partial charge in [-0.2, -0.15) is 0 Å². The van der Waals surface area contributed by atoms with Gasteiger partial charge >= 0.3 is 0 Å². The van der Waals surface area contributed by atoms with Gasteiger partial charge in [-0.1, -0.05) is 12.2 Å². The number of nitrogens with one attached hydrogen (secondary N) is 1. The lowest BCUT2D eigenvalue weighted by molar-refractivity contribution is 0.111. The molecule has 0 aromatic carbocycles. The summed E-state index contributed by atoms with van der Waals surface area (Å²) in [6.45, 7) is 3.79. The predicted molar refractivity (Wildman–Crippen MR) is 56.1 cm³/mol. The maximum atomic E-state index is 5.14. The average Bonchev–Trinajstić information content (AvgIpc) is 2.16. The highest BCUT2D eigenvalue weighted by Crippen LogP contribution is 2.19. The first-order valence-electron chi connectivity index (χ1n) is 4.27. The van der Waals surface area contributed by atoms with E-state index < -0.39 is 0 Å². The SMILES string of the molecule is COc1c(C)[nH]c(C(C)OC)nc1=S. The van der Waals surface area contributed by atoms with Gasteiger partial charge in [0.05, 0.1) is 12.8 Å². The second-order valence-corrected chi connectivity index (χ2v) is 3.35. The van der Waals surface area contributed by atoms with Gasteiger partial charge in [0, 0.05) is 7.11 Å². The summed E-state index contributed by atoms with van der Waals surface area (Å²) in [6.07, 6.45) is -0.0960. The van der Waals surface area contributed by atoms with Crippen molar-refractivity contribution < 1.29 is 9.47 Å². The highest BCUT2D eigenvalue weighted by molar-refractivity contribution is 7.71. The highest BCUT2D eigenvalue weighted by Gasteiger charge is 2.10. The lowest BCUT2D eigenvalue weighted by Crippen LogP contribution is -2.05. The van der Waals surface area contributed by atoms with Gasteiger partial charge in [0.1, 0.15) is 11.9 Å². The average molecular weight is 214 g/mol. The second-order valence-electron chi connectivity index (χ2n) is 2.96. The molecule has 78 valence electrons. The summed E-state index contributed by atoms with van der Waals surface area (Å²) in [5.41, 5.74) is 0.867. The van der Waals surface area contributed by atoms with Gasteiger partial charge < -0.3 is 14.5 Å². The molecule has 0 spiro atoms. The van der Waals surface area contributed by atoms with Crippen LogP contribution in [0, 0.1) is 11.6 Å². The van der Waals surface area contributed by atoms with Crippen LogP contribution in [0.2, 0.25) is 0 Å². The summed E-state index contributed by atoms with van der Waals surface area (Å²) in [4.78, 5) is 7.28. The minimum absolute atomic E-state index is 0.0960. The zero-order valence-corrected chi connectivity index (χ0v) is 9.57. The maximum Gasteiger partial charge on any atom is 0.174 e. The second kappa shape index (κ2) is 4.52. The first-order chi connectivity index (χ1) is 6.60. The van der Waals surface area contributed by atoms with Crippen LogP contribution in [-0.2, 0) is 4.74 Å². The number of hydrogen-bond donors (Lipinski definition) is 1. The van der Waals surface area contributed by atoms with Crippen LogP contribution in [0.3, 0.4) is 0 Å². The fourth-order valence-corrected chi connectivity index (χ4v) is 1.48. The van der Waals surface area contributed by atoms with E-state index in [0.717, 1.165) is 11.5 Å². The fraction of sp³-hybridized carbons (Fsp3) is 0.556. The minimum atomic E-state index is -0.0960. The third kappa shape index (κ3) is 2.10. The number of ether oxygens (including phenoxy) is 2. The normalized spacial score (nSPS) is 12.6. The van der Waals surface area contributed by atoms with Gasteiger partial charge in [-0.25, -0.2) is 4.98 Å². The Morgan fingerprint density at radius 1 is 1.43 bits per heavy atom. The van der Waals surface area contributed by atoms with Gasteiger partial charge in [0.25, 0.3) is 0 Å². The quantitative estimate of drug-likeness (QED) is 0.783. The minimum Gasteiger partial charge on any atom is -0.492 e. The molecule has 0 aliphatic heterocycles. The Bertz CT molecular complexity index is 376. The molecule has 1 rings (SSSR count). The molecule has 1 aromatic rings. The molecule has 14 heavy (non-hydrogen) atoms. The van der Waals surface area contributed by atoms with Gasteiger partial charge in [0.2, 0.25) is 0 Å². The van der Waals surface area contributed by atoms with Crippen LogP contribution in [0.15, 0.2) is 0 Å². The molecule has 1 aromatic heterocycles. The molecule has 1 heterocycles. The molecule has 1 atom stereocenters. The molecule has 0 saturated carbocycles. The maximum absolute atomic E-state index is 5.14. The van der Waals surface area contributed by atoms with Crippen molar-refractivity contribution in [3.63, 3.8) is 0 Å². The van der Waals surface area contributed by atoms with E-state index in [1.807, 2.05) is 13.8 Å². The van der Waals surface area contributed by atoms with E-state index in [1.165, 1.54) is 0 Å². The summed E-state index contributed by atoms with van der Waals surface area (Å²) >= 11 is 5.08. The van der Waals surface area contributed by atoms with Crippen LogP contribution in [0.25, 0.3) is 0 Å². The molecule has 0 bridgehead atoms. The van der Waals surface area contributed by atoms with E-state index in [2.05, 4.69) is 9.97 Å². The lowest BCUT2D eigenvalue weighted by atomic mass is 10.3. The lowest BCUT2D eigenvalue weighted by Gasteiger charge is -2.11. The van der Waals surface area contributed by atoms with Gasteiger partial charge in [-0.05, 0) is 13.8 Å². The molecule has 0 fully saturated rings. The van der Waals surface area contributed by atoms with Crippen molar-refractivity contribution in [2.75, 3.05) is 14.2 Å². The Morgan fingerprint density at radius 3 is 2.50 bits per heavy atom. The molecule has 4 nitrogen and oxygen atoms in total. The molecule has 1 unspecified atom stereocenters. The number of hydrogen-bond acceptors (Lipinski definition) is 4. The Labute approximate surface area is 88.3 Å². The monoisotopic (exact) mass is 214 g/mol. The first-order valence-corrected chi connectivity index (χ1v) is 4.68. The van der Waals surface area contributed by atoms with Gasteiger partial charge in [-0.3, -0.25) is 0 Å². The summed E-state index contributed by atoms with van der Waals surface area (Å²) < 4.78 is 10.7. The van der Waals surface area contributed by atoms with Crippen LogP contribution in [0.4, 0.5) is 0 Å². The van der Waals surface area contributed by atoms with E-state index in [9.17, 15) is 0 Å². The van der Waals surface area contributed by atoms with E-state index >= 15 is 0 Å². The number of aromatic nitrogens is 2. The summed E-state index contributed by atoms with van der Waals surface area (Å²) in [5, 5.41) is 0. The molecular weight excluding hydrogens is 200 g/mol. The van der Waals surface area contributed by atoms with Crippen molar-refractivity contribution in [3.05, 3.63) is 16.2 Å². The summed E-state index contributed by atoms with van der Waals surface area (Å²) in [5.74, 6) is 1.34. The molecule has 0 saturated heterocycles. The van der Waals surface area contributed by atoms with Gasteiger partial charge in [0.15, 0.2) is 10.4 Å². The number of H-pyrrole nitrogens is 1. The Hall–Kier alpha value is -0.940. The van der Waals surface area contributed by atoms with Crippen molar-refractivity contribution in [1.29, 1.82) is 0 Å². The van der Waals surface area contributed by atoms with E-state index in [0.29, 0.717) is 10.4 Å². The van der Waals surface area contributed by atoms with Crippen LogP contribution in [0.1, 0.15) is 24.5 Å². The molecule has 0 aliphatic carbocycles. The molecule has 0 amide bonds. The van der Waals surface area contributed by atoms with Crippen molar-refractivity contribution in [2.45, 2.75) is 20.0 Å². The van der Waals surface area contributed by atoms with E-state index in [1.54, 1.807) is 14.2 Å². The Morgan fingerprint density at radius 2 is 2.07 bits per heavy atom. The van der Waals surface area contributed by atoms with E-state index in [4.69, 9.17) is 21.7 Å². The number of rotatable bonds is 3. The standard InChI is InChI=1S/C9H14N2O2S/c1-5-7(13-4)9(14)11-8(10-5)6(2)12-3/h6H,1-4H3,(H,10,11,14). The van der Waals surface area contributed by atoms with Crippen LogP contribution >= 0.6 is 12.2 Å². The van der Waals surface area contributed by atoms with Crippen molar-refractivity contribution in [1.82, 2.24) is 9.97 Å². The zero-order valence-electron chi connectivity index (χ0n) is 8.75. The predicted octanol–water partition coefficient (Wildman–Crippen LogP) is 2.16. The number of aryl methyl sites for hydroxylation is 1. The number of nitrogens with zero attached hydrogens (tertiary/aromatic N) is 1. The first kappa shape index (κ1) is 11.1. The third-order valence-electron chi connectivity index (χ3n) is 2.02. The van der Waals surface area contributed by atoms with Crippen LogP contribution in [-0.4, -0.2) is 24.2 Å². The summed E-state index contributed by atoms with van der Waals surface area (Å²) in [6, 6.07) is 0. The highest BCUT2D eigenvalue weighted by atomic mass is 32.1. The molecule has 5 heteroatoms. The fourth-order valence-electron chi connectivity index (χ4n) is 1.14. The third-order valence-corrected chi connectivity index (χ3v) is 2.29. The van der Waals surface area contributed by atoms with E-state index in [-0.39, 0.29) is 6.10 Å². The van der Waals surface area contributed by atoms with Crippen molar-refractivity contribution in [2.24, 2.45) is 0 Å². The zero-order chi connectivity index (χ0) is 10.7. The Balaban J connectivity index is 3.21. The van der Waals surface area contributed by atoms with Crippen LogP contribution < -0.4 is 4.74 Å². The number of aromatic amines is 1. The molecule has 0 aliphatic rings. The smallest absolute Gasteiger partial charge is 0.174 e. The van der Waals surface area contributed by atoms with Crippen LogP contribution in [0.5, 0.6) is 5.75 Å². The number of methoxy groups -OCH3 is 2. The molecule has 1 N–H and O–H groups in total. The topological polar surface area (TPSA) is 47.1 Å². The van der Waals surface area contributed by atoms with Crippen molar-refractivity contribution in [3.8, 4) is 5.75 Å². The molecule has 0 radical (unpaired) electrons. The van der Waals surface area contributed by atoms with Gasteiger partial charge in [-0.15, -0.1) is 0 Å². The molecular formula is C9H14N2O2S. The largest absolute Gasteiger partial charge is 0.492 e. The summed E-state index contributed by atoms with van der Waals surface area (Å²) in [7, 11) is 3.20.